The van der Waals surface area contributed by atoms with Crippen LogP contribution in [0, 0.1) is 0 Å². The van der Waals surface area contributed by atoms with Crippen LogP contribution in [0.25, 0.3) is 6.08 Å². The molecule has 1 saturated heterocycles. The van der Waals surface area contributed by atoms with Gasteiger partial charge in [-0.25, -0.2) is 22.9 Å². The van der Waals surface area contributed by atoms with Crippen molar-refractivity contribution in [3.05, 3.63) is 51.9 Å². The predicted molar refractivity (Wildman–Crippen MR) is 129 cm³/mol. The zero-order valence-electron chi connectivity index (χ0n) is 18.8. The van der Waals surface area contributed by atoms with E-state index in [0.29, 0.717) is 5.82 Å². The predicted octanol–water partition coefficient (Wildman–Crippen LogP) is 3.08. The van der Waals surface area contributed by atoms with Crippen molar-refractivity contribution in [2.45, 2.75) is 57.9 Å². The minimum absolute atomic E-state index is 0.554. The summed E-state index contributed by atoms with van der Waals surface area (Å²) in [7, 11) is -3.96. The van der Waals surface area contributed by atoms with Crippen LogP contribution in [0.2, 0.25) is 0 Å². The van der Waals surface area contributed by atoms with Gasteiger partial charge in [0.25, 0.3) is 10.0 Å². The van der Waals surface area contributed by atoms with E-state index in [-0.39, 0.29) is 0 Å². The Labute approximate surface area is 195 Å². The standard InChI is InChI=1S/C24H31N5O3S/c30-24(26-23-20-7-3-5-18(20)17-19-6-4-8-21(19)23)27-33(31,32)16-9-22-25-10-13-29(22)15-14-28-11-1-2-12-28/h9-10,13,16-17H,1-8,11-12,14-15H2,(H2,26,27,30)/b16-9+. The highest BCUT2D eigenvalue weighted by Gasteiger charge is 2.25. The van der Waals surface area contributed by atoms with Gasteiger partial charge in [0, 0.05) is 31.2 Å². The Kier molecular flexibility index (Phi) is 6.25. The molecule has 2 heterocycles. The number of nitrogens with zero attached hydrogens (tertiary/aromatic N) is 3. The molecule has 0 unspecified atom stereocenters. The smallest absolute Gasteiger partial charge is 0.330 e. The van der Waals surface area contributed by atoms with Crippen molar-refractivity contribution >= 4 is 27.8 Å². The number of nitrogens with one attached hydrogen (secondary N) is 2. The molecule has 0 saturated carbocycles. The molecule has 0 radical (unpaired) electrons. The highest BCUT2D eigenvalue weighted by molar-refractivity contribution is 7.93. The second-order valence-corrected chi connectivity index (χ2v) is 10.7. The van der Waals surface area contributed by atoms with Gasteiger partial charge in [-0.15, -0.1) is 0 Å². The van der Waals surface area contributed by atoms with E-state index in [9.17, 15) is 13.2 Å². The first kappa shape index (κ1) is 22.2. The number of sulfonamides is 1. The number of benzene rings is 1. The van der Waals surface area contributed by atoms with Crippen LogP contribution in [0.3, 0.4) is 0 Å². The second-order valence-electron chi connectivity index (χ2n) is 9.17. The number of aromatic nitrogens is 2. The van der Waals surface area contributed by atoms with Gasteiger partial charge in [0.05, 0.1) is 5.41 Å². The first-order valence-electron chi connectivity index (χ1n) is 11.9. The van der Waals surface area contributed by atoms with Gasteiger partial charge in [-0.3, -0.25) is 0 Å². The van der Waals surface area contributed by atoms with E-state index in [1.165, 1.54) is 41.2 Å². The maximum absolute atomic E-state index is 12.6. The lowest BCUT2D eigenvalue weighted by molar-refractivity contribution is 0.256. The molecule has 0 atom stereocenters. The Balaban J connectivity index is 1.24. The van der Waals surface area contributed by atoms with Gasteiger partial charge in [0.1, 0.15) is 5.82 Å². The molecule has 1 aromatic carbocycles. The van der Waals surface area contributed by atoms with Crippen LogP contribution in [0.5, 0.6) is 0 Å². The molecule has 3 aliphatic rings. The third-order valence-electron chi connectivity index (χ3n) is 6.95. The fourth-order valence-corrected chi connectivity index (χ4v) is 6.02. The van der Waals surface area contributed by atoms with Crippen molar-refractivity contribution in [2.24, 2.45) is 0 Å². The lowest BCUT2D eigenvalue weighted by Crippen LogP contribution is -2.33. The van der Waals surface area contributed by atoms with Crippen molar-refractivity contribution in [3.8, 4) is 0 Å². The van der Waals surface area contributed by atoms with Crippen LogP contribution in [0.4, 0.5) is 10.5 Å². The van der Waals surface area contributed by atoms with Crippen LogP contribution in [0.15, 0.2) is 23.9 Å². The van der Waals surface area contributed by atoms with Crippen molar-refractivity contribution in [3.63, 3.8) is 0 Å². The average molecular weight is 470 g/mol. The third kappa shape index (κ3) is 4.99. The Bertz CT molecular complexity index is 1150. The molecule has 2 amide bonds. The number of anilines is 1. The number of carbonyl (C=O) groups excluding carboxylic acids is 1. The van der Waals surface area contributed by atoms with Crippen LogP contribution < -0.4 is 10.0 Å². The first-order valence-corrected chi connectivity index (χ1v) is 13.4. The van der Waals surface area contributed by atoms with Gasteiger partial charge >= 0.3 is 6.03 Å². The van der Waals surface area contributed by atoms with E-state index < -0.39 is 16.1 Å². The number of urea groups is 1. The summed E-state index contributed by atoms with van der Waals surface area (Å²) in [5.74, 6) is 0.554. The van der Waals surface area contributed by atoms with Gasteiger partial charge in [-0.05, 0) is 92.8 Å². The number of hydrogen-bond donors (Lipinski definition) is 2. The van der Waals surface area contributed by atoms with Crippen LogP contribution in [-0.2, 0) is 42.3 Å². The van der Waals surface area contributed by atoms with E-state index in [1.807, 2.05) is 10.8 Å². The van der Waals surface area contributed by atoms with E-state index in [4.69, 9.17) is 0 Å². The van der Waals surface area contributed by atoms with Gasteiger partial charge in [-0.2, -0.15) is 0 Å². The number of fused-ring (bicyclic) bond motifs is 2. The van der Waals surface area contributed by atoms with E-state index in [1.54, 1.807) is 6.20 Å². The Morgan fingerprint density at radius 2 is 1.70 bits per heavy atom. The summed E-state index contributed by atoms with van der Waals surface area (Å²) in [6.07, 6.45) is 13.4. The maximum atomic E-state index is 12.6. The molecule has 1 aromatic heterocycles. The summed E-state index contributed by atoms with van der Waals surface area (Å²) in [6, 6.07) is 1.56. The third-order valence-corrected chi connectivity index (χ3v) is 7.91. The normalized spacial score (nSPS) is 18.1. The van der Waals surface area contributed by atoms with Crippen molar-refractivity contribution in [1.82, 2.24) is 19.2 Å². The molecule has 176 valence electrons. The zero-order valence-corrected chi connectivity index (χ0v) is 19.7. The molecule has 1 aliphatic heterocycles. The molecule has 5 rings (SSSR count). The lowest BCUT2D eigenvalue weighted by Gasteiger charge is -2.16. The molecule has 8 nitrogen and oxygen atoms in total. The van der Waals surface area contributed by atoms with Gasteiger partial charge in [-0.1, -0.05) is 6.07 Å². The molecule has 9 heteroatoms. The Hall–Kier alpha value is -2.65. The molecule has 0 spiro atoms. The number of carbonyl (C=O) groups is 1. The van der Waals surface area contributed by atoms with Gasteiger partial charge < -0.3 is 14.8 Å². The molecule has 2 aliphatic carbocycles. The summed E-state index contributed by atoms with van der Waals surface area (Å²) in [5, 5.41) is 3.88. The largest absolute Gasteiger partial charge is 0.333 e. The lowest BCUT2D eigenvalue weighted by atomic mass is 9.99. The Morgan fingerprint density at radius 1 is 1.00 bits per heavy atom. The minimum Gasteiger partial charge on any atom is -0.330 e. The molecule has 2 N–H and O–H groups in total. The van der Waals surface area contributed by atoms with E-state index >= 15 is 0 Å². The fraction of sp³-hybridized carbons (Fsp3) is 0.500. The summed E-state index contributed by atoms with van der Waals surface area (Å²) >= 11 is 0. The van der Waals surface area contributed by atoms with Crippen molar-refractivity contribution < 1.29 is 13.2 Å². The second kappa shape index (κ2) is 9.30. The number of likely N-dealkylation sites (tertiary alicyclic amines) is 1. The quantitative estimate of drug-likeness (QED) is 0.650. The van der Waals surface area contributed by atoms with Gasteiger partial charge in [0.15, 0.2) is 0 Å². The molecular weight excluding hydrogens is 438 g/mol. The van der Waals surface area contributed by atoms with E-state index in [2.05, 4.69) is 26.0 Å². The monoisotopic (exact) mass is 469 g/mol. The molecule has 33 heavy (non-hydrogen) atoms. The molecule has 0 bridgehead atoms. The van der Waals surface area contributed by atoms with Crippen molar-refractivity contribution in [1.29, 1.82) is 0 Å². The number of rotatable bonds is 7. The maximum Gasteiger partial charge on any atom is 0.333 e. The number of imidazole rings is 1. The summed E-state index contributed by atoms with van der Waals surface area (Å²) in [6.45, 7) is 3.89. The molecule has 2 aromatic rings. The minimum atomic E-state index is -3.96. The average Bonchev–Trinajstić information content (AvgIpc) is 3.57. The fourth-order valence-electron chi connectivity index (χ4n) is 5.34. The summed E-state index contributed by atoms with van der Waals surface area (Å²) < 4.78 is 29.2. The highest BCUT2D eigenvalue weighted by atomic mass is 32.2. The number of hydrogen-bond acceptors (Lipinski definition) is 5. The Morgan fingerprint density at radius 3 is 2.39 bits per heavy atom. The number of amides is 2. The SMILES string of the molecule is O=C(Nc1c2c(cc3c1CCC3)CCC2)NS(=O)(=O)/C=C/c1nccn1CCN1CCCC1. The first-order chi connectivity index (χ1) is 16.0. The molecule has 1 fully saturated rings. The van der Waals surface area contributed by atoms with Gasteiger partial charge in [0.2, 0.25) is 0 Å². The highest BCUT2D eigenvalue weighted by Crippen LogP contribution is 2.38. The summed E-state index contributed by atoms with van der Waals surface area (Å²) in [5.41, 5.74) is 5.73. The van der Waals surface area contributed by atoms with E-state index in [0.717, 1.165) is 75.8 Å². The zero-order chi connectivity index (χ0) is 22.8. The van der Waals surface area contributed by atoms with Crippen molar-refractivity contribution in [2.75, 3.05) is 25.0 Å². The van der Waals surface area contributed by atoms with Crippen LogP contribution in [-0.4, -0.2) is 48.5 Å². The summed E-state index contributed by atoms with van der Waals surface area (Å²) in [4.78, 5) is 19.3. The molecular formula is C24H31N5O3S. The van der Waals surface area contributed by atoms with Crippen LogP contribution in [0.1, 0.15) is 53.8 Å². The topological polar surface area (TPSA) is 96.3 Å². The number of aryl methyl sites for hydroxylation is 2. The van der Waals surface area contributed by atoms with Crippen LogP contribution >= 0.6 is 0 Å².